The number of aliphatic hydroxyl groups is 7. The van der Waals surface area contributed by atoms with Crippen LogP contribution in [0.3, 0.4) is 0 Å². The third-order valence-corrected chi connectivity index (χ3v) is 10.2. The lowest BCUT2D eigenvalue weighted by Gasteiger charge is -2.40. The fourth-order valence-corrected chi connectivity index (χ4v) is 6.63. The Morgan fingerprint density at radius 1 is 0.642 bits per heavy atom. The molecular weight excluding hydrogens is 678 g/mol. The standard InChI is InChI=1S/C42H79NO10/c1-3-5-7-9-11-13-14-15-16-17-18-19-20-22-23-25-27-29-34(45)37(47)33(32-52-42-40(50)39(49)38(48)36(31-44)53-42)43-41(51)35(46)30-28-26-24-21-12-10-8-6-4-2/h17-18,22-23,33-40,42,44-50H,3-16,19-21,24-32H2,1-2H3,(H,43,51)/b18-17+,23-22+. The molecule has 312 valence electrons. The van der Waals surface area contributed by atoms with E-state index in [1.807, 2.05) is 0 Å². The van der Waals surface area contributed by atoms with Gasteiger partial charge in [-0.1, -0.05) is 141 Å². The Labute approximate surface area is 321 Å². The fourth-order valence-electron chi connectivity index (χ4n) is 6.63. The molecule has 53 heavy (non-hydrogen) atoms. The summed E-state index contributed by atoms with van der Waals surface area (Å²) < 4.78 is 11.0. The van der Waals surface area contributed by atoms with E-state index in [4.69, 9.17) is 9.47 Å². The predicted molar refractivity (Wildman–Crippen MR) is 210 cm³/mol. The number of hydrogen-bond acceptors (Lipinski definition) is 10. The summed E-state index contributed by atoms with van der Waals surface area (Å²) in [6.07, 6.45) is 22.5. The second kappa shape index (κ2) is 32.8. The molecule has 1 amide bonds. The van der Waals surface area contributed by atoms with Crippen LogP contribution in [0.1, 0.15) is 168 Å². The van der Waals surface area contributed by atoms with Crippen molar-refractivity contribution in [3.05, 3.63) is 24.3 Å². The smallest absolute Gasteiger partial charge is 0.249 e. The Bertz CT molecular complexity index is 918. The molecule has 11 nitrogen and oxygen atoms in total. The first-order valence-electron chi connectivity index (χ1n) is 21.2. The number of aliphatic hydroxyl groups excluding tert-OH is 7. The van der Waals surface area contributed by atoms with Crippen molar-refractivity contribution in [3.8, 4) is 0 Å². The first-order valence-corrected chi connectivity index (χ1v) is 21.2. The molecule has 8 N–H and O–H groups in total. The molecular formula is C42H79NO10. The van der Waals surface area contributed by atoms with E-state index in [1.54, 1.807) is 0 Å². The van der Waals surface area contributed by atoms with Gasteiger partial charge in [-0.25, -0.2) is 0 Å². The van der Waals surface area contributed by atoms with Crippen molar-refractivity contribution < 1.29 is 50.0 Å². The van der Waals surface area contributed by atoms with Crippen LogP contribution in [0.15, 0.2) is 24.3 Å². The number of carbonyl (C=O) groups is 1. The highest BCUT2D eigenvalue weighted by molar-refractivity contribution is 5.80. The van der Waals surface area contributed by atoms with E-state index in [2.05, 4.69) is 43.5 Å². The minimum absolute atomic E-state index is 0.247. The van der Waals surface area contributed by atoms with Gasteiger partial charge in [0, 0.05) is 0 Å². The van der Waals surface area contributed by atoms with Gasteiger partial charge in [0.1, 0.15) is 36.6 Å². The summed E-state index contributed by atoms with van der Waals surface area (Å²) in [5, 5.41) is 75.2. The lowest BCUT2D eigenvalue weighted by molar-refractivity contribution is -0.303. The Morgan fingerprint density at radius 3 is 1.68 bits per heavy atom. The molecule has 0 aromatic carbocycles. The van der Waals surface area contributed by atoms with Gasteiger partial charge in [0.25, 0.3) is 0 Å². The highest BCUT2D eigenvalue weighted by Gasteiger charge is 2.44. The van der Waals surface area contributed by atoms with E-state index < -0.39 is 74.2 Å². The average Bonchev–Trinajstić information content (AvgIpc) is 3.16. The fraction of sp³-hybridized carbons (Fsp3) is 0.881. The summed E-state index contributed by atoms with van der Waals surface area (Å²) in [5.74, 6) is -0.715. The van der Waals surface area contributed by atoms with Crippen LogP contribution in [-0.4, -0.2) is 110 Å². The number of nitrogens with one attached hydrogen (secondary N) is 1. The second-order valence-electron chi connectivity index (χ2n) is 15.1. The molecule has 1 heterocycles. The van der Waals surface area contributed by atoms with Crippen molar-refractivity contribution >= 4 is 5.91 Å². The largest absolute Gasteiger partial charge is 0.394 e. The zero-order valence-electron chi connectivity index (χ0n) is 33.2. The topological polar surface area (TPSA) is 189 Å². The molecule has 9 unspecified atom stereocenters. The molecule has 9 atom stereocenters. The summed E-state index contributed by atoms with van der Waals surface area (Å²) in [5.41, 5.74) is 0. The minimum Gasteiger partial charge on any atom is -0.394 e. The number of ether oxygens (including phenoxy) is 2. The van der Waals surface area contributed by atoms with Gasteiger partial charge in [-0.05, 0) is 51.4 Å². The molecule has 0 spiro atoms. The van der Waals surface area contributed by atoms with E-state index in [1.165, 1.54) is 83.5 Å². The van der Waals surface area contributed by atoms with Crippen LogP contribution in [0.2, 0.25) is 0 Å². The summed E-state index contributed by atoms with van der Waals surface area (Å²) in [4.78, 5) is 13.0. The predicted octanol–water partition coefficient (Wildman–Crippen LogP) is 5.89. The van der Waals surface area contributed by atoms with Crippen molar-refractivity contribution in [2.45, 2.75) is 223 Å². The van der Waals surface area contributed by atoms with Crippen molar-refractivity contribution in [1.82, 2.24) is 5.32 Å². The monoisotopic (exact) mass is 758 g/mol. The number of carbonyl (C=O) groups excluding carboxylic acids is 1. The number of hydrogen-bond donors (Lipinski definition) is 8. The first kappa shape index (κ1) is 49.6. The SMILES string of the molecule is CCCCCCCCCC/C=C/CC/C=C/CCCC(O)C(O)C(COC1OC(CO)C(O)C(O)C1O)NC(=O)C(O)CCCCCCCCCCC. The van der Waals surface area contributed by atoms with Crippen molar-refractivity contribution in [1.29, 1.82) is 0 Å². The molecule has 1 fully saturated rings. The van der Waals surface area contributed by atoms with Crippen LogP contribution >= 0.6 is 0 Å². The van der Waals surface area contributed by atoms with Gasteiger partial charge in [-0.3, -0.25) is 4.79 Å². The zero-order valence-corrected chi connectivity index (χ0v) is 33.2. The van der Waals surface area contributed by atoms with E-state index in [0.717, 1.165) is 38.5 Å². The van der Waals surface area contributed by atoms with Gasteiger partial charge in [0.15, 0.2) is 6.29 Å². The number of amides is 1. The lowest BCUT2D eigenvalue weighted by Crippen LogP contribution is -2.60. The third-order valence-electron chi connectivity index (χ3n) is 10.2. The lowest BCUT2D eigenvalue weighted by atomic mass is 9.98. The average molecular weight is 758 g/mol. The molecule has 0 aliphatic carbocycles. The van der Waals surface area contributed by atoms with Crippen molar-refractivity contribution in [2.24, 2.45) is 0 Å². The summed E-state index contributed by atoms with van der Waals surface area (Å²) in [7, 11) is 0. The molecule has 0 aromatic heterocycles. The summed E-state index contributed by atoms with van der Waals surface area (Å²) in [6.45, 7) is 3.36. The minimum atomic E-state index is -1.67. The second-order valence-corrected chi connectivity index (χ2v) is 15.1. The molecule has 1 aliphatic rings. The Hall–Kier alpha value is -1.41. The molecule has 0 aromatic rings. The number of allylic oxidation sites excluding steroid dienone is 4. The normalized spacial score (nSPS) is 23.1. The van der Waals surface area contributed by atoms with E-state index in [0.29, 0.717) is 19.3 Å². The van der Waals surface area contributed by atoms with Gasteiger partial charge >= 0.3 is 0 Å². The first-order chi connectivity index (χ1) is 25.7. The highest BCUT2D eigenvalue weighted by Crippen LogP contribution is 2.23. The summed E-state index contributed by atoms with van der Waals surface area (Å²) in [6, 6.07) is -1.18. The third kappa shape index (κ3) is 23.3. The molecule has 1 saturated heterocycles. The van der Waals surface area contributed by atoms with E-state index in [-0.39, 0.29) is 12.8 Å². The Balaban J connectivity index is 2.53. The van der Waals surface area contributed by atoms with E-state index >= 15 is 0 Å². The molecule has 0 bridgehead atoms. The van der Waals surface area contributed by atoms with Crippen LogP contribution < -0.4 is 5.32 Å². The molecule has 1 rings (SSSR count). The Kier molecular flexibility index (Phi) is 30.7. The van der Waals surface area contributed by atoms with Crippen molar-refractivity contribution in [2.75, 3.05) is 13.2 Å². The number of rotatable bonds is 34. The maximum atomic E-state index is 13.0. The van der Waals surface area contributed by atoms with Crippen molar-refractivity contribution in [3.63, 3.8) is 0 Å². The van der Waals surface area contributed by atoms with Crippen LogP contribution in [-0.2, 0) is 14.3 Å². The highest BCUT2D eigenvalue weighted by atomic mass is 16.7. The van der Waals surface area contributed by atoms with E-state index in [9.17, 15) is 40.5 Å². The molecule has 0 radical (unpaired) electrons. The van der Waals surface area contributed by atoms with Gasteiger partial charge in [-0.15, -0.1) is 0 Å². The maximum absolute atomic E-state index is 13.0. The zero-order chi connectivity index (χ0) is 39.1. The molecule has 11 heteroatoms. The van der Waals surface area contributed by atoms with Crippen LogP contribution in [0, 0.1) is 0 Å². The van der Waals surface area contributed by atoms with Gasteiger partial charge < -0.3 is 50.5 Å². The molecule has 0 saturated carbocycles. The summed E-state index contributed by atoms with van der Waals surface area (Å²) >= 11 is 0. The van der Waals surface area contributed by atoms with Crippen LogP contribution in [0.5, 0.6) is 0 Å². The maximum Gasteiger partial charge on any atom is 0.249 e. The molecule has 1 aliphatic heterocycles. The van der Waals surface area contributed by atoms with Crippen LogP contribution in [0.4, 0.5) is 0 Å². The number of unbranched alkanes of at least 4 members (excludes halogenated alkanes) is 18. The van der Waals surface area contributed by atoms with Crippen LogP contribution in [0.25, 0.3) is 0 Å². The quantitative estimate of drug-likeness (QED) is 0.0291. The Morgan fingerprint density at radius 2 is 1.13 bits per heavy atom. The van der Waals surface area contributed by atoms with Gasteiger partial charge in [0.2, 0.25) is 5.91 Å². The van der Waals surface area contributed by atoms with Gasteiger partial charge in [0.05, 0.1) is 25.4 Å². The van der Waals surface area contributed by atoms with Gasteiger partial charge in [-0.2, -0.15) is 0 Å².